The molecular formula is C16H27N. The number of benzene rings is 1. The summed E-state index contributed by atoms with van der Waals surface area (Å²) in [5.74, 6) is 1.35. The van der Waals surface area contributed by atoms with E-state index in [-0.39, 0.29) is 0 Å². The van der Waals surface area contributed by atoms with Gasteiger partial charge in [-0.2, -0.15) is 0 Å². The van der Waals surface area contributed by atoms with E-state index in [1.807, 2.05) is 0 Å². The van der Waals surface area contributed by atoms with Crippen LogP contribution in [0.1, 0.15) is 51.3 Å². The molecule has 1 aromatic carbocycles. The van der Waals surface area contributed by atoms with Crippen molar-refractivity contribution in [2.24, 2.45) is 11.8 Å². The number of hydrogen-bond donors (Lipinski definition) is 1. The van der Waals surface area contributed by atoms with Crippen molar-refractivity contribution in [1.29, 1.82) is 0 Å². The van der Waals surface area contributed by atoms with Crippen molar-refractivity contribution in [3.63, 3.8) is 0 Å². The highest BCUT2D eigenvalue weighted by atomic mass is 14.9. The van der Waals surface area contributed by atoms with Crippen molar-refractivity contribution >= 4 is 0 Å². The molecule has 96 valence electrons. The van der Waals surface area contributed by atoms with Crippen LogP contribution in [-0.4, -0.2) is 7.05 Å². The molecule has 0 amide bonds. The van der Waals surface area contributed by atoms with Crippen LogP contribution >= 0.6 is 0 Å². The Hall–Kier alpha value is -0.820. The molecule has 0 saturated heterocycles. The van der Waals surface area contributed by atoms with Crippen molar-refractivity contribution in [2.45, 2.75) is 46.6 Å². The third kappa shape index (κ3) is 3.85. The number of nitrogens with one attached hydrogen (secondary N) is 1. The smallest absolute Gasteiger partial charge is 0.0345 e. The fraction of sp³-hybridized carbons (Fsp3) is 0.625. The summed E-state index contributed by atoms with van der Waals surface area (Å²) in [7, 11) is 2.06. The monoisotopic (exact) mass is 233 g/mol. The highest BCUT2D eigenvalue weighted by Gasteiger charge is 2.19. The van der Waals surface area contributed by atoms with E-state index in [9.17, 15) is 0 Å². The van der Waals surface area contributed by atoms with Gasteiger partial charge in [0.1, 0.15) is 0 Å². The van der Waals surface area contributed by atoms with Crippen molar-refractivity contribution in [1.82, 2.24) is 5.32 Å². The van der Waals surface area contributed by atoms with Crippen LogP contribution in [0.5, 0.6) is 0 Å². The minimum Gasteiger partial charge on any atom is -0.313 e. The van der Waals surface area contributed by atoms with Gasteiger partial charge in [-0.1, -0.05) is 58.4 Å². The summed E-state index contributed by atoms with van der Waals surface area (Å²) >= 11 is 0. The standard InChI is InChI=1S/C16H27N/c1-6-7-14-8-10-15(11-9-14)16(17-5)13(4)12(2)3/h8-13,16-17H,6-7H2,1-5H3. The first kappa shape index (κ1) is 14.2. The third-order valence-corrected chi connectivity index (χ3v) is 3.77. The van der Waals surface area contributed by atoms with Gasteiger partial charge in [-0.3, -0.25) is 0 Å². The van der Waals surface area contributed by atoms with Gasteiger partial charge in [0.25, 0.3) is 0 Å². The lowest BCUT2D eigenvalue weighted by molar-refractivity contribution is 0.317. The van der Waals surface area contributed by atoms with E-state index in [1.165, 1.54) is 24.0 Å². The SMILES string of the molecule is CCCc1ccc(C(NC)C(C)C(C)C)cc1. The Morgan fingerprint density at radius 2 is 1.65 bits per heavy atom. The van der Waals surface area contributed by atoms with Gasteiger partial charge in [-0.05, 0) is 36.4 Å². The van der Waals surface area contributed by atoms with Crippen molar-refractivity contribution in [2.75, 3.05) is 7.05 Å². The molecule has 0 saturated carbocycles. The first-order chi connectivity index (χ1) is 8.10. The Morgan fingerprint density at radius 3 is 2.06 bits per heavy atom. The minimum absolute atomic E-state index is 0.464. The molecule has 0 aromatic heterocycles. The number of hydrogen-bond acceptors (Lipinski definition) is 1. The van der Waals surface area contributed by atoms with Crippen LogP contribution in [-0.2, 0) is 6.42 Å². The van der Waals surface area contributed by atoms with Gasteiger partial charge in [0, 0.05) is 6.04 Å². The van der Waals surface area contributed by atoms with Crippen LogP contribution in [0, 0.1) is 11.8 Å². The van der Waals surface area contributed by atoms with Gasteiger partial charge in [0.15, 0.2) is 0 Å². The molecule has 0 aliphatic rings. The Labute approximate surface area is 107 Å². The fourth-order valence-corrected chi connectivity index (χ4v) is 2.30. The first-order valence-electron chi connectivity index (χ1n) is 6.86. The summed E-state index contributed by atoms with van der Waals surface area (Å²) in [6.07, 6.45) is 2.40. The average molecular weight is 233 g/mol. The lowest BCUT2D eigenvalue weighted by Gasteiger charge is -2.27. The molecule has 0 spiro atoms. The topological polar surface area (TPSA) is 12.0 Å². The second-order valence-electron chi connectivity index (χ2n) is 5.36. The average Bonchev–Trinajstić information content (AvgIpc) is 2.32. The maximum Gasteiger partial charge on any atom is 0.0345 e. The van der Waals surface area contributed by atoms with E-state index in [0.29, 0.717) is 17.9 Å². The molecule has 0 bridgehead atoms. The maximum absolute atomic E-state index is 3.45. The predicted octanol–water partition coefficient (Wildman–Crippen LogP) is 4.19. The van der Waals surface area contributed by atoms with Gasteiger partial charge in [0.2, 0.25) is 0 Å². The summed E-state index contributed by atoms with van der Waals surface area (Å²) in [6, 6.07) is 9.58. The van der Waals surface area contributed by atoms with Crippen LogP contribution in [0.2, 0.25) is 0 Å². The fourth-order valence-electron chi connectivity index (χ4n) is 2.30. The van der Waals surface area contributed by atoms with Crippen molar-refractivity contribution in [3.8, 4) is 0 Å². The molecule has 0 aliphatic heterocycles. The quantitative estimate of drug-likeness (QED) is 0.777. The Morgan fingerprint density at radius 1 is 1.06 bits per heavy atom. The second kappa shape index (κ2) is 6.80. The largest absolute Gasteiger partial charge is 0.313 e. The molecule has 2 unspecified atom stereocenters. The molecule has 1 aromatic rings. The van der Waals surface area contributed by atoms with Crippen LogP contribution < -0.4 is 5.32 Å². The summed E-state index contributed by atoms with van der Waals surface area (Å²) in [6.45, 7) is 9.14. The third-order valence-electron chi connectivity index (χ3n) is 3.77. The molecule has 0 fully saturated rings. The normalized spacial score (nSPS) is 14.9. The summed E-state index contributed by atoms with van der Waals surface area (Å²) < 4.78 is 0. The predicted molar refractivity (Wildman–Crippen MR) is 76.2 cm³/mol. The minimum atomic E-state index is 0.464. The highest BCUT2D eigenvalue weighted by molar-refractivity contribution is 5.25. The van der Waals surface area contributed by atoms with E-state index >= 15 is 0 Å². The molecule has 2 atom stereocenters. The summed E-state index contributed by atoms with van der Waals surface area (Å²) in [5, 5.41) is 3.45. The van der Waals surface area contributed by atoms with E-state index in [2.05, 4.69) is 64.3 Å². The number of aryl methyl sites for hydroxylation is 1. The van der Waals surface area contributed by atoms with Gasteiger partial charge in [-0.15, -0.1) is 0 Å². The van der Waals surface area contributed by atoms with Crippen LogP contribution in [0.3, 0.4) is 0 Å². The van der Waals surface area contributed by atoms with Crippen LogP contribution in [0.4, 0.5) is 0 Å². The van der Waals surface area contributed by atoms with Gasteiger partial charge >= 0.3 is 0 Å². The molecule has 1 rings (SSSR count). The van der Waals surface area contributed by atoms with Crippen molar-refractivity contribution in [3.05, 3.63) is 35.4 Å². The van der Waals surface area contributed by atoms with Gasteiger partial charge in [-0.25, -0.2) is 0 Å². The molecule has 1 N–H and O–H groups in total. The van der Waals surface area contributed by atoms with Crippen molar-refractivity contribution < 1.29 is 0 Å². The molecule has 0 aliphatic carbocycles. The lowest BCUT2D eigenvalue weighted by Crippen LogP contribution is -2.26. The molecule has 1 heteroatoms. The van der Waals surface area contributed by atoms with Crippen LogP contribution in [0.25, 0.3) is 0 Å². The van der Waals surface area contributed by atoms with E-state index < -0.39 is 0 Å². The zero-order valence-electron chi connectivity index (χ0n) is 12.0. The molecule has 17 heavy (non-hydrogen) atoms. The maximum atomic E-state index is 3.45. The molecule has 0 radical (unpaired) electrons. The summed E-state index contributed by atoms with van der Waals surface area (Å²) in [5.41, 5.74) is 2.86. The Balaban J connectivity index is 2.82. The first-order valence-corrected chi connectivity index (χ1v) is 6.86. The lowest BCUT2D eigenvalue weighted by atomic mass is 9.86. The van der Waals surface area contributed by atoms with E-state index in [4.69, 9.17) is 0 Å². The van der Waals surface area contributed by atoms with Crippen LogP contribution in [0.15, 0.2) is 24.3 Å². The zero-order valence-corrected chi connectivity index (χ0v) is 12.0. The zero-order chi connectivity index (χ0) is 12.8. The van der Waals surface area contributed by atoms with E-state index in [1.54, 1.807) is 0 Å². The molecule has 0 heterocycles. The molecule has 1 nitrogen and oxygen atoms in total. The molecular weight excluding hydrogens is 206 g/mol. The second-order valence-corrected chi connectivity index (χ2v) is 5.36. The van der Waals surface area contributed by atoms with Gasteiger partial charge < -0.3 is 5.32 Å². The Kier molecular flexibility index (Phi) is 5.70. The van der Waals surface area contributed by atoms with E-state index in [0.717, 1.165) is 0 Å². The highest BCUT2D eigenvalue weighted by Crippen LogP contribution is 2.27. The van der Waals surface area contributed by atoms with Gasteiger partial charge in [0.05, 0.1) is 0 Å². The number of rotatable bonds is 6. The Bertz CT molecular complexity index is 313. The summed E-state index contributed by atoms with van der Waals surface area (Å²) in [4.78, 5) is 0.